The fraction of sp³-hybridized carbons (Fsp3) is 0.300. The van der Waals surface area contributed by atoms with Gasteiger partial charge in [-0.3, -0.25) is 9.59 Å². The Labute approximate surface area is 157 Å². The third-order valence-corrected chi connectivity index (χ3v) is 4.13. The minimum atomic E-state index is -0.673. The molecule has 0 aliphatic rings. The number of carbonyl (C=O) groups is 2. The normalized spacial score (nSPS) is 11.7. The maximum absolute atomic E-state index is 13.8. The molecule has 0 aromatic heterocycles. The number of hydrogen-bond donors (Lipinski definition) is 2. The number of carbonyl (C=O) groups excluding carboxylic acids is 2. The van der Waals surface area contributed by atoms with E-state index in [-0.39, 0.29) is 30.5 Å². The first-order valence-corrected chi connectivity index (χ1v) is 8.55. The van der Waals surface area contributed by atoms with Crippen molar-refractivity contribution < 1.29 is 18.4 Å². The van der Waals surface area contributed by atoms with Crippen LogP contribution in [0.4, 0.5) is 14.5 Å². The zero-order valence-electron chi connectivity index (χ0n) is 15.6. The Morgan fingerprint density at radius 3 is 2.41 bits per heavy atom. The number of aryl methyl sites for hydroxylation is 1. The Hall–Kier alpha value is -2.80. The molecule has 0 saturated carbocycles. The monoisotopic (exact) mass is 375 g/mol. The highest BCUT2D eigenvalue weighted by atomic mass is 19.1. The zero-order valence-corrected chi connectivity index (χ0v) is 15.6. The molecule has 0 aliphatic heterocycles. The number of hydrogen-bond acceptors (Lipinski definition) is 3. The van der Waals surface area contributed by atoms with Crippen LogP contribution in [-0.4, -0.2) is 36.9 Å². The minimum Gasteiger partial charge on any atom is -0.335 e. The summed E-state index contributed by atoms with van der Waals surface area (Å²) in [4.78, 5) is 25.5. The van der Waals surface area contributed by atoms with Crippen molar-refractivity contribution in [2.24, 2.45) is 0 Å². The predicted octanol–water partition coefficient (Wildman–Crippen LogP) is 3.02. The van der Waals surface area contributed by atoms with Crippen molar-refractivity contribution in [1.82, 2.24) is 10.2 Å². The molecule has 0 fully saturated rings. The summed E-state index contributed by atoms with van der Waals surface area (Å²) in [5, 5.41) is 5.60. The Kier molecular flexibility index (Phi) is 7.01. The highest BCUT2D eigenvalue weighted by molar-refractivity contribution is 5.94. The van der Waals surface area contributed by atoms with Crippen LogP contribution in [0.3, 0.4) is 0 Å². The van der Waals surface area contributed by atoms with Gasteiger partial charge in [-0.15, -0.1) is 0 Å². The lowest BCUT2D eigenvalue weighted by molar-refractivity contribution is -0.132. The van der Waals surface area contributed by atoms with Gasteiger partial charge in [0.25, 0.3) is 0 Å². The van der Waals surface area contributed by atoms with Gasteiger partial charge in [-0.2, -0.15) is 0 Å². The average molecular weight is 375 g/mol. The average Bonchev–Trinajstić information content (AvgIpc) is 2.61. The Balaban J connectivity index is 1.82. The smallest absolute Gasteiger partial charge is 0.243 e. The van der Waals surface area contributed by atoms with Crippen LogP contribution in [0.25, 0.3) is 0 Å². The molecule has 0 aliphatic carbocycles. The van der Waals surface area contributed by atoms with E-state index in [2.05, 4.69) is 10.6 Å². The number of halogens is 2. The van der Waals surface area contributed by atoms with Gasteiger partial charge in [-0.1, -0.05) is 23.8 Å². The van der Waals surface area contributed by atoms with Crippen LogP contribution in [-0.2, 0) is 9.59 Å². The molecular formula is C20H23F2N3O2. The van der Waals surface area contributed by atoms with Crippen LogP contribution < -0.4 is 10.6 Å². The number of nitrogens with one attached hydrogen (secondary N) is 2. The van der Waals surface area contributed by atoms with Crippen LogP contribution in [0, 0.1) is 18.6 Å². The predicted molar refractivity (Wildman–Crippen MR) is 100 cm³/mol. The lowest BCUT2D eigenvalue weighted by Gasteiger charge is -2.20. The Morgan fingerprint density at radius 2 is 1.78 bits per heavy atom. The van der Waals surface area contributed by atoms with E-state index in [1.807, 2.05) is 19.1 Å². The van der Waals surface area contributed by atoms with Crippen molar-refractivity contribution in [3.63, 3.8) is 0 Å². The quantitative estimate of drug-likeness (QED) is 0.782. The van der Waals surface area contributed by atoms with E-state index in [9.17, 15) is 18.4 Å². The molecular weight excluding hydrogens is 352 g/mol. The van der Waals surface area contributed by atoms with E-state index < -0.39 is 17.7 Å². The molecule has 0 saturated heterocycles. The third-order valence-electron chi connectivity index (χ3n) is 4.13. The molecule has 0 spiro atoms. The van der Waals surface area contributed by atoms with Gasteiger partial charge in [0.15, 0.2) is 0 Å². The molecule has 7 heteroatoms. The second kappa shape index (κ2) is 9.23. The fourth-order valence-electron chi connectivity index (χ4n) is 2.48. The first-order chi connectivity index (χ1) is 12.8. The molecule has 1 atom stereocenters. The summed E-state index contributed by atoms with van der Waals surface area (Å²) in [6.45, 7) is 3.44. The van der Waals surface area contributed by atoms with Crippen molar-refractivity contribution >= 4 is 17.5 Å². The molecule has 144 valence electrons. The maximum atomic E-state index is 13.8. The van der Waals surface area contributed by atoms with Crippen LogP contribution in [0.2, 0.25) is 0 Å². The van der Waals surface area contributed by atoms with Crippen LogP contribution >= 0.6 is 0 Å². The van der Waals surface area contributed by atoms with E-state index in [1.165, 1.54) is 24.1 Å². The van der Waals surface area contributed by atoms with E-state index in [1.54, 1.807) is 19.1 Å². The molecule has 0 heterocycles. The van der Waals surface area contributed by atoms with E-state index >= 15 is 0 Å². The van der Waals surface area contributed by atoms with Gasteiger partial charge in [-0.05, 0) is 32.0 Å². The molecule has 27 heavy (non-hydrogen) atoms. The lowest BCUT2D eigenvalue weighted by atomic mass is 10.1. The summed E-state index contributed by atoms with van der Waals surface area (Å²) < 4.78 is 26.7. The number of benzene rings is 2. The second-order valence-corrected chi connectivity index (χ2v) is 6.43. The maximum Gasteiger partial charge on any atom is 0.243 e. The molecule has 5 nitrogen and oxygen atoms in total. The first-order valence-electron chi connectivity index (χ1n) is 8.55. The first kappa shape index (κ1) is 20.5. The minimum absolute atomic E-state index is 0.0771. The van der Waals surface area contributed by atoms with Gasteiger partial charge in [0.1, 0.15) is 11.6 Å². The van der Waals surface area contributed by atoms with Gasteiger partial charge < -0.3 is 15.5 Å². The van der Waals surface area contributed by atoms with Gasteiger partial charge >= 0.3 is 0 Å². The second-order valence-electron chi connectivity index (χ2n) is 6.43. The van der Waals surface area contributed by atoms with E-state index in [0.717, 1.165) is 11.6 Å². The SMILES string of the molecule is Cc1ccc(NC(=O)CN(C)C(=O)CN[C@H](C)c2ccc(F)cc2F)cc1. The molecule has 0 bridgehead atoms. The van der Waals surface area contributed by atoms with Crippen molar-refractivity contribution in [2.75, 3.05) is 25.5 Å². The van der Waals surface area contributed by atoms with Gasteiger partial charge in [0.05, 0.1) is 13.1 Å². The van der Waals surface area contributed by atoms with Crippen molar-refractivity contribution in [3.05, 3.63) is 65.2 Å². The molecule has 2 N–H and O–H groups in total. The molecule has 2 aromatic rings. The van der Waals surface area contributed by atoms with Crippen molar-refractivity contribution in [1.29, 1.82) is 0 Å². The fourth-order valence-corrected chi connectivity index (χ4v) is 2.48. The summed E-state index contributed by atoms with van der Waals surface area (Å²) in [6.07, 6.45) is 0. The molecule has 2 rings (SSSR count). The Bertz CT molecular complexity index is 809. The lowest BCUT2D eigenvalue weighted by Crippen LogP contribution is -2.40. The van der Waals surface area contributed by atoms with E-state index in [0.29, 0.717) is 5.69 Å². The van der Waals surface area contributed by atoms with Crippen molar-refractivity contribution in [2.45, 2.75) is 19.9 Å². The highest BCUT2D eigenvalue weighted by Crippen LogP contribution is 2.17. The summed E-state index contributed by atoms with van der Waals surface area (Å²) in [7, 11) is 1.52. The number of likely N-dealkylation sites (N-methyl/N-ethyl adjacent to an activating group) is 1. The van der Waals surface area contributed by atoms with Gasteiger partial charge in [0.2, 0.25) is 11.8 Å². The summed E-state index contributed by atoms with van der Waals surface area (Å²) in [6, 6.07) is 10.2. The zero-order chi connectivity index (χ0) is 20.0. The standard InChI is InChI=1S/C20H23F2N3O2/c1-13-4-7-16(8-5-13)24-19(26)12-25(3)20(27)11-23-14(2)17-9-6-15(21)10-18(17)22/h4-10,14,23H,11-12H2,1-3H3,(H,24,26)/t14-/m1/s1. The number of nitrogens with zero attached hydrogens (tertiary/aromatic N) is 1. The highest BCUT2D eigenvalue weighted by Gasteiger charge is 2.16. The third kappa shape index (κ3) is 6.14. The summed E-state index contributed by atoms with van der Waals surface area (Å²) >= 11 is 0. The van der Waals surface area contributed by atoms with Crippen LogP contribution in [0.5, 0.6) is 0 Å². The molecule has 2 aromatic carbocycles. The van der Waals surface area contributed by atoms with Crippen LogP contribution in [0.1, 0.15) is 24.1 Å². The Morgan fingerprint density at radius 1 is 1.11 bits per heavy atom. The number of amides is 2. The number of anilines is 1. The molecule has 0 radical (unpaired) electrons. The van der Waals surface area contributed by atoms with Crippen LogP contribution in [0.15, 0.2) is 42.5 Å². The summed E-state index contributed by atoms with van der Waals surface area (Å²) in [5.74, 6) is -1.96. The van der Waals surface area contributed by atoms with Gasteiger partial charge in [0, 0.05) is 30.4 Å². The van der Waals surface area contributed by atoms with E-state index in [4.69, 9.17) is 0 Å². The van der Waals surface area contributed by atoms with Gasteiger partial charge in [-0.25, -0.2) is 8.78 Å². The van der Waals surface area contributed by atoms with Crippen molar-refractivity contribution in [3.8, 4) is 0 Å². The topological polar surface area (TPSA) is 61.4 Å². The number of rotatable bonds is 7. The largest absolute Gasteiger partial charge is 0.335 e. The molecule has 2 amide bonds. The summed E-state index contributed by atoms with van der Waals surface area (Å²) in [5.41, 5.74) is 2.01. The molecule has 0 unspecified atom stereocenters.